The average molecular weight is 371 g/mol. The Morgan fingerprint density at radius 2 is 1.24 bits per heavy atom. The van der Waals surface area contributed by atoms with Crippen LogP contribution in [0.1, 0.15) is 13.8 Å². The Balaban J connectivity index is 0.000000186. The molecule has 0 heterocycles. The molecule has 0 spiro atoms. The van der Waals surface area contributed by atoms with Crippen molar-refractivity contribution in [1.29, 1.82) is 0 Å². The lowest BCUT2D eigenvalue weighted by molar-refractivity contribution is 0.242. The second kappa shape index (κ2) is 10.1. The topological polar surface area (TPSA) is 18.5 Å². The van der Waals surface area contributed by atoms with Gasteiger partial charge in [0.1, 0.15) is 17.2 Å². The van der Waals surface area contributed by atoms with Crippen LogP contribution < -0.4 is 9.47 Å². The third kappa shape index (κ3) is 7.59. The zero-order valence-corrected chi connectivity index (χ0v) is 16.1. The standard InChI is InChI=1S/C12H10OS.C9H12OS/c14-12-8-6-11(7-9-12)13-10-4-2-1-3-5-10;1-7(2)10-8-4-3-5-9(11)6-8/h1-9,14H;3-7,11H,1-2H3. The van der Waals surface area contributed by atoms with Crippen molar-refractivity contribution < 1.29 is 9.47 Å². The number of hydrogen-bond donors (Lipinski definition) is 2. The van der Waals surface area contributed by atoms with Gasteiger partial charge in [-0.2, -0.15) is 0 Å². The van der Waals surface area contributed by atoms with Crippen molar-refractivity contribution in [2.45, 2.75) is 29.7 Å². The van der Waals surface area contributed by atoms with Crippen LogP contribution in [-0.4, -0.2) is 6.10 Å². The van der Waals surface area contributed by atoms with Gasteiger partial charge in [-0.05, 0) is 68.4 Å². The number of thiol groups is 2. The van der Waals surface area contributed by atoms with Gasteiger partial charge >= 0.3 is 0 Å². The molecule has 0 aliphatic heterocycles. The summed E-state index contributed by atoms with van der Waals surface area (Å²) in [6.07, 6.45) is 0.227. The highest BCUT2D eigenvalue weighted by Gasteiger charge is 1.96. The Bertz CT molecular complexity index is 756. The third-order valence-electron chi connectivity index (χ3n) is 3.01. The van der Waals surface area contributed by atoms with E-state index < -0.39 is 0 Å². The first kappa shape index (κ1) is 19.3. The van der Waals surface area contributed by atoms with E-state index in [2.05, 4.69) is 25.3 Å². The van der Waals surface area contributed by atoms with Gasteiger partial charge in [-0.15, -0.1) is 25.3 Å². The lowest BCUT2D eigenvalue weighted by atomic mass is 10.3. The van der Waals surface area contributed by atoms with E-state index in [1.165, 1.54) is 0 Å². The van der Waals surface area contributed by atoms with Crippen LogP contribution in [0.5, 0.6) is 17.2 Å². The smallest absolute Gasteiger partial charge is 0.127 e. The Morgan fingerprint density at radius 1 is 0.640 bits per heavy atom. The quantitative estimate of drug-likeness (QED) is 0.509. The van der Waals surface area contributed by atoms with Crippen LogP contribution in [0.25, 0.3) is 0 Å². The zero-order chi connectivity index (χ0) is 18.1. The van der Waals surface area contributed by atoms with Crippen LogP contribution in [0.15, 0.2) is 88.7 Å². The maximum absolute atomic E-state index is 5.60. The maximum atomic E-state index is 5.60. The normalized spacial score (nSPS) is 9.96. The van der Waals surface area contributed by atoms with Crippen LogP contribution in [0, 0.1) is 0 Å². The molecule has 3 rings (SSSR count). The van der Waals surface area contributed by atoms with Crippen molar-refractivity contribution in [2.24, 2.45) is 0 Å². The summed E-state index contributed by atoms with van der Waals surface area (Å²) in [6, 6.07) is 25.0. The van der Waals surface area contributed by atoms with E-state index in [9.17, 15) is 0 Å². The molecule has 2 nitrogen and oxygen atoms in total. The molecule has 0 saturated heterocycles. The number of hydrogen-bond acceptors (Lipinski definition) is 4. The van der Waals surface area contributed by atoms with Crippen LogP contribution in [-0.2, 0) is 0 Å². The monoisotopic (exact) mass is 370 g/mol. The Kier molecular flexibility index (Phi) is 7.76. The summed E-state index contributed by atoms with van der Waals surface area (Å²) >= 11 is 8.40. The van der Waals surface area contributed by atoms with Gasteiger partial charge in [-0.25, -0.2) is 0 Å². The van der Waals surface area contributed by atoms with Crippen LogP contribution >= 0.6 is 25.3 Å². The van der Waals surface area contributed by atoms with E-state index in [1.807, 2.05) is 92.7 Å². The van der Waals surface area contributed by atoms with E-state index in [0.717, 1.165) is 27.0 Å². The SMILES string of the molecule is CC(C)Oc1cccc(S)c1.Sc1ccc(Oc2ccccc2)cc1. The molecule has 0 amide bonds. The van der Waals surface area contributed by atoms with Crippen molar-refractivity contribution in [3.63, 3.8) is 0 Å². The summed E-state index contributed by atoms with van der Waals surface area (Å²) < 4.78 is 11.0. The minimum absolute atomic E-state index is 0.227. The predicted molar refractivity (Wildman–Crippen MR) is 110 cm³/mol. The summed E-state index contributed by atoms with van der Waals surface area (Å²) in [6.45, 7) is 4.01. The lowest BCUT2D eigenvalue weighted by Gasteiger charge is -2.08. The summed E-state index contributed by atoms with van der Waals surface area (Å²) in [7, 11) is 0. The van der Waals surface area contributed by atoms with Gasteiger partial charge in [0.05, 0.1) is 6.10 Å². The van der Waals surface area contributed by atoms with Crippen molar-refractivity contribution >= 4 is 25.3 Å². The second-order valence-electron chi connectivity index (χ2n) is 5.57. The molecule has 0 aliphatic rings. The van der Waals surface area contributed by atoms with Gasteiger partial charge in [-0.3, -0.25) is 0 Å². The third-order valence-corrected chi connectivity index (χ3v) is 3.58. The molecule has 0 fully saturated rings. The first-order valence-electron chi connectivity index (χ1n) is 8.00. The Hall–Kier alpha value is -2.04. The fraction of sp³-hybridized carbons (Fsp3) is 0.143. The molecule has 3 aromatic carbocycles. The second-order valence-corrected chi connectivity index (χ2v) is 6.61. The van der Waals surface area contributed by atoms with E-state index in [0.29, 0.717) is 0 Å². The molecule has 0 aromatic heterocycles. The lowest BCUT2D eigenvalue weighted by Crippen LogP contribution is -2.05. The number of benzene rings is 3. The van der Waals surface area contributed by atoms with Gasteiger partial charge < -0.3 is 9.47 Å². The van der Waals surface area contributed by atoms with E-state index in [1.54, 1.807) is 0 Å². The number of para-hydroxylation sites is 1. The van der Waals surface area contributed by atoms with Crippen molar-refractivity contribution in [3.8, 4) is 17.2 Å². The molecule has 3 aromatic rings. The van der Waals surface area contributed by atoms with Crippen LogP contribution in [0.2, 0.25) is 0 Å². The van der Waals surface area contributed by atoms with Gasteiger partial charge in [0.15, 0.2) is 0 Å². The molecule has 4 heteroatoms. The minimum Gasteiger partial charge on any atom is -0.491 e. The molecule has 0 radical (unpaired) electrons. The first-order valence-corrected chi connectivity index (χ1v) is 8.90. The van der Waals surface area contributed by atoms with E-state index >= 15 is 0 Å². The largest absolute Gasteiger partial charge is 0.491 e. The molecular weight excluding hydrogens is 348 g/mol. The van der Waals surface area contributed by atoms with Crippen molar-refractivity contribution in [1.82, 2.24) is 0 Å². The van der Waals surface area contributed by atoms with E-state index in [4.69, 9.17) is 9.47 Å². The predicted octanol–water partition coefficient (Wildman–Crippen LogP) is 6.53. The van der Waals surface area contributed by atoms with Crippen LogP contribution in [0.3, 0.4) is 0 Å². The molecule has 0 atom stereocenters. The number of rotatable bonds is 4. The molecular formula is C21H22O2S2. The Labute approximate surface area is 160 Å². The maximum Gasteiger partial charge on any atom is 0.127 e. The first-order chi connectivity index (χ1) is 12.0. The van der Waals surface area contributed by atoms with Crippen molar-refractivity contribution in [3.05, 3.63) is 78.9 Å². The number of ether oxygens (including phenoxy) is 2. The summed E-state index contributed by atoms with van der Waals surface area (Å²) in [5.41, 5.74) is 0. The van der Waals surface area contributed by atoms with Gasteiger partial charge in [0.25, 0.3) is 0 Å². The molecule has 0 aliphatic carbocycles. The van der Waals surface area contributed by atoms with Gasteiger partial charge in [0.2, 0.25) is 0 Å². The molecule has 0 bridgehead atoms. The Morgan fingerprint density at radius 3 is 1.84 bits per heavy atom. The average Bonchev–Trinajstić information content (AvgIpc) is 2.58. The highest BCUT2D eigenvalue weighted by molar-refractivity contribution is 7.80. The summed E-state index contributed by atoms with van der Waals surface area (Å²) in [5.74, 6) is 2.56. The minimum atomic E-state index is 0.227. The molecule has 0 saturated carbocycles. The molecule has 0 unspecified atom stereocenters. The molecule has 25 heavy (non-hydrogen) atoms. The molecule has 0 N–H and O–H groups in total. The zero-order valence-electron chi connectivity index (χ0n) is 14.3. The fourth-order valence-electron chi connectivity index (χ4n) is 1.97. The molecule has 130 valence electrons. The van der Waals surface area contributed by atoms with Crippen molar-refractivity contribution in [2.75, 3.05) is 0 Å². The fourth-order valence-corrected chi connectivity index (χ4v) is 2.33. The van der Waals surface area contributed by atoms with Gasteiger partial charge in [-0.1, -0.05) is 24.3 Å². The highest BCUT2D eigenvalue weighted by Crippen LogP contribution is 2.21. The summed E-state index contributed by atoms with van der Waals surface area (Å²) in [4.78, 5) is 1.87. The van der Waals surface area contributed by atoms with Crippen LogP contribution in [0.4, 0.5) is 0 Å². The highest BCUT2D eigenvalue weighted by atomic mass is 32.1. The van der Waals surface area contributed by atoms with E-state index in [-0.39, 0.29) is 6.10 Å². The summed E-state index contributed by atoms with van der Waals surface area (Å²) in [5, 5.41) is 0. The van der Waals surface area contributed by atoms with Gasteiger partial charge in [0, 0.05) is 9.79 Å².